The molecule has 0 atom stereocenters. The molecule has 0 radical (unpaired) electrons. The number of sulfonamides is 1. The first-order valence-electron chi connectivity index (χ1n) is 5.61. The van der Waals surface area contributed by atoms with Crippen LogP contribution >= 0.6 is 11.6 Å². The second-order valence-electron chi connectivity index (χ2n) is 4.27. The van der Waals surface area contributed by atoms with Crippen LogP contribution in [0.3, 0.4) is 0 Å². The lowest BCUT2D eigenvalue weighted by molar-refractivity contribution is 0.373. The molecule has 1 aliphatic rings. The first kappa shape index (κ1) is 12.8. The lowest BCUT2D eigenvalue weighted by atomic mass is 10.3. The van der Waals surface area contributed by atoms with Crippen LogP contribution in [-0.2, 0) is 10.0 Å². The van der Waals surface area contributed by atoms with E-state index < -0.39 is 10.0 Å². The Balaban J connectivity index is 2.29. The topological polar surface area (TPSA) is 50.3 Å². The number of nitrogens with zero attached hydrogens (tertiary/aromatic N) is 2. The Hall–Kier alpha value is -0.650. The molecule has 0 saturated heterocycles. The van der Waals surface area contributed by atoms with Crippen LogP contribution < -0.4 is 0 Å². The molecular weight excluding hydrogens is 260 g/mol. The van der Waals surface area contributed by atoms with Gasteiger partial charge in [0, 0.05) is 19.3 Å². The van der Waals surface area contributed by atoms with E-state index in [-0.39, 0.29) is 16.1 Å². The average Bonchev–Trinajstić information content (AvgIpc) is 2.81. The maximum atomic E-state index is 12.3. The molecule has 1 heterocycles. The van der Waals surface area contributed by atoms with E-state index in [2.05, 4.69) is 4.98 Å². The average molecular weight is 275 g/mol. The van der Waals surface area contributed by atoms with Crippen molar-refractivity contribution in [2.24, 2.45) is 0 Å². The van der Waals surface area contributed by atoms with Gasteiger partial charge in [0.1, 0.15) is 5.15 Å². The van der Waals surface area contributed by atoms with Gasteiger partial charge >= 0.3 is 0 Å². The third-order valence-corrected chi connectivity index (χ3v) is 5.33. The molecular formula is C11H15ClN2O2S. The standard InChI is InChI=1S/C11H15ClN2O2S/c1-14(9-4-2-3-5-9)17(15,16)10-6-7-13-11(12)8-10/h6-9H,2-5H2,1H3. The summed E-state index contributed by atoms with van der Waals surface area (Å²) in [6, 6.07) is 2.99. The third-order valence-electron chi connectivity index (χ3n) is 3.21. The predicted octanol–water partition coefficient (Wildman–Crippen LogP) is 2.30. The number of rotatable bonds is 3. The molecule has 1 aromatic rings. The van der Waals surface area contributed by atoms with Crippen LogP contribution in [0, 0.1) is 0 Å². The van der Waals surface area contributed by atoms with Gasteiger partial charge in [-0.3, -0.25) is 0 Å². The zero-order chi connectivity index (χ0) is 12.5. The lowest BCUT2D eigenvalue weighted by Gasteiger charge is -2.23. The highest BCUT2D eigenvalue weighted by molar-refractivity contribution is 7.89. The summed E-state index contributed by atoms with van der Waals surface area (Å²) >= 11 is 5.72. The molecule has 0 unspecified atom stereocenters. The maximum absolute atomic E-state index is 12.3. The number of hydrogen-bond acceptors (Lipinski definition) is 3. The largest absolute Gasteiger partial charge is 0.244 e. The van der Waals surface area contributed by atoms with Gasteiger partial charge in [0.25, 0.3) is 0 Å². The van der Waals surface area contributed by atoms with Crippen molar-refractivity contribution in [3.63, 3.8) is 0 Å². The van der Waals surface area contributed by atoms with Crippen molar-refractivity contribution in [2.75, 3.05) is 7.05 Å². The Labute approximate surface area is 107 Å². The molecule has 0 aliphatic heterocycles. The van der Waals surface area contributed by atoms with Crippen LogP contribution in [0.1, 0.15) is 25.7 Å². The maximum Gasteiger partial charge on any atom is 0.243 e. The van der Waals surface area contributed by atoms with Gasteiger partial charge in [-0.1, -0.05) is 24.4 Å². The van der Waals surface area contributed by atoms with Gasteiger partial charge in [-0.25, -0.2) is 13.4 Å². The summed E-state index contributed by atoms with van der Waals surface area (Å²) in [5.74, 6) is 0. The zero-order valence-corrected chi connectivity index (χ0v) is 11.2. The second kappa shape index (κ2) is 4.92. The summed E-state index contributed by atoms with van der Waals surface area (Å²) in [5.41, 5.74) is 0. The van der Waals surface area contributed by atoms with Crippen molar-refractivity contribution in [1.82, 2.24) is 9.29 Å². The molecule has 0 amide bonds. The number of pyridine rings is 1. The van der Waals surface area contributed by atoms with Crippen LogP contribution in [0.5, 0.6) is 0 Å². The van der Waals surface area contributed by atoms with Gasteiger partial charge in [-0.15, -0.1) is 0 Å². The molecule has 1 fully saturated rings. The minimum Gasteiger partial charge on any atom is -0.244 e. The predicted molar refractivity (Wildman–Crippen MR) is 66.5 cm³/mol. The number of aromatic nitrogens is 1. The zero-order valence-electron chi connectivity index (χ0n) is 9.63. The molecule has 17 heavy (non-hydrogen) atoms. The highest BCUT2D eigenvalue weighted by Gasteiger charge is 2.30. The van der Waals surface area contributed by atoms with Crippen LogP contribution in [0.15, 0.2) is 23.2 Å². The summed E-state index contributed by atoms with van der Waals surface area (Å²) < 4.78 is 26.1. The van der Waals surface area contributed by atoms with Crippen molar-refractivity contribution in [3.05, 3.63) is 23.5 Å². The molecule has 4 nitrogen and oxygen atoms in total. The van der Waals surface area contributed by atoms with Crippen molar-refractivity contribution in [3.8, 4) is 0 Å². The first-order chi connectivity index (χ1) is 8.01. The first-order valence-corrected chi connectivity index (χ1v) is 7.43. The minimum absolute atomic E-state index is 0.118. The summed E-state index contributed by atoms with van der Waals surface area (Å²) in [4.78, 5) is 4.01. The summed E-state index contributed by atoms with van der Waals surface area (Å²) in [7, 11) is -1.80. The fourth-order valence-electron chi connectivity index (χ4n) is 2.18. The van der Waals surface area contributed by atoms with E-state index in [0.717, 1.165) is 25.7 Å². The number of halogens is 1. The van der Waals surface area contributed by atoms with Crippen LogP contribution in [0.25, 0.3) is 0 Å². The Morgan fingerprint density at radius 3 is 2.65 bits per heavy atom. The van der Waals surface area contributed by atoms with E-state index in [1.165, 1.54) is 22.6 Å². The van der Waals surface area contributed by atoms with Crippen molar-refractivity contribution in [2.45, 2.75) is 36.6 Å². The van der Waals surface area contributed by atoms with E-state index in [1.54, 1.807) is 7.05 Å². The smallest absolute Gasteiger partial charge is 0.243 e. The number of hydrogen-bond donors (Lipinski definition) is 0. The molecule has 0 N–H and O–H groups in total. The van der Waals surface area contributed by atoms with Crippen LogP contribution in [0.2, 0.25) is 5.15 Å². The Bertz CT molecular complexity index is 498. The monoisotopic (exact) mass is 274 g/mol. The van der Waals surface area contributed by atoms with Gasteiger partial charge in [-0.2, -0.15) is 4.31 Å². The summed E-state index contributed by atoms with van der Waals surface area (Å²) in [6.45, 7) is 0. The van der Waals surface area contributed by atoms with E-state index in [1.807, 2.05) is 0 Å². The highest BCUT2D eigenvalue weighted by Crippen LogP contribution is 2.27. The summed E-state index contributed by atoms with van der Waals surface area (Å²) in [6.07, 6.45) is 5.49. The quantitative estimate of drug-likeness (QED) is 0.795. The van der Waals surface area contributed by atoms with E-state index in [0.29, 0.717) is 0 Å². The molecule has 2 rings (SSSR count). The normalized spacial score (nSPS) is 17.8. The minimum atomic E-state index is -3.44. The molecule has 6 heteroatoms. The molecule has 94 valence electrons. The van der Waals surface area contributed by atoms with Crippen molar-refractivity contribution >= 4 is 21.6 Å². The fraction of sp³-hybridized carbons (Fsp3) is 0.545. The van der Waals surface area contributed by atoms with E-state index in [4.69, 9.17) is 11.6 Å². The lowest BCUT2D eigenvalue weighted by Crippen LogP contribution is -2.35. The van der Waals surface area contributed by atoms with Crippen molar-refractivity contribution < 1.29 is 8.42 Å². The summed E-state index contributed by atoms with van der Waals surface area (Å²) in [5, 5.41) is 0.200. The molecule has 1 aromatic heterocycles. The Morgan fingerprint density at radius 2 is 2.06 bits per heavy atom. The van der Waals surface area contributed by atoms with Crippen molar-refractivity contribution in [1.29, 1.82) is 0 Å². The third kappa shape index (κ3) is 2.61. The SMILES string of the molecule is CN(C1CCCC1)S(=O)(=O)c1ccnc(Cl)c1. The molecule has 1 saturated carbocycles. The Kier molecular flexibility index (Phi) is 3.70. The van der Waals surface area contributed by atoms with Crippen LogP contribution in [-0.4, -0.2) is 30.8 Å². The van der Waals surface area contributed by atoms with E-state index >= 15 is 0 Å². The fourth-order valence-corrected chi connectivity index (χ4v) is 3.84. The van der Waals surface area contributed by atoms with Crippen LogP contribution in [0.4, 0.5) is 0 Å². The van der Waals surface area contributed by atoms with Gasteiger partial charge < -0.3 is 0 Å². The molecule has 0 spiro atoms. The molecule has 0 aromatic carbocycles. The van der Waals surface area contributed by atoms with E-state index in [9.17, 15) is 8.42 Å². The molecule has 1 aliphatic carbocycles. The second-order valence-corrected chi connectivity index (χ2v) is 6.66. The van der Waals surface area contributed by atoms with Gasteiger partial charge in [0.2, 0.25) is 10.0 Å². The van der Waals surface area contributed by atoms with Gasteiger partial charge in [0.15, 0.2) is 0 Å². The van der Waals surface area contributed by atoms with Gasteiger partial charge in [-0.05, 0) is 25.0 Å². The highest BCUT2D eigenvalue weighted by atomic mass is 35.5. The Morgan fingerprint density at radius 1 is 1.41 bits per heavy atom. The molecule has 0 bridgehead atoms. The van der Waals surface area contributed by atoms with Gasteiger partial charge in [0.05, 0.1) is 4.90 Å².